The number of carbonyl (C=O) groups excluding carboxylic acids is 1. The predicted octanol–water partition coefficient (Wildman–Crippen LogP) is 3.73. The van der Waals surface area contributed by atoms with Gasteiger partial charge in [-0.25, -0.2) is 0 Å². The van der Waals surface area contributed by atoms with Gasteiger partial charge in [0.05, 0.1) is 5.25 Å². The molecular weight excluding hydrogens is 292 g/mol. The van der Waals surface area contributed by atoms with Crippen LogP contribution in [0.2, 0.25) is 0 Å². The number of carbonyl (C=O) groups is 1. The lowest BCUT2D eigenvalue weighted by atomic mass is 10.1. The highest BCUT2D eigenvalue weighted by molar-refractivity contribution is 8.00. The number of thioether (sulfide) groups is 1. The maximum Gasteiger partial charge on any atom is 0.240 e. The Morgan fingerprint density at radius 1 is 1.23 bits per heavy atom. The van der Waals surface area contributed by atoms with Crippen molar-refractivity contribution in [2.75, 3.05) is 10.6 Å². The van der Waals surface area contributed by atoms with Gasteiger partial charge in [0.2, 0.25) is 5.91 Å². The number of nitrogen functional groups attached to an aromatic ring is 1. The van der Waals surface area contributed by atoms with Crippen molar-refractivity contribution in [2.45, 2.75) is 36.5 Å². The molecule has 4 heteroatoms. The maximum atomic E-state index is 12.9. The monoisotopic (exact) mass is 312 g/mol. The number of hydrogen-bond donors (Lipinski definition) is 1. The number of nitrogens with zero attached hydrogens (tertiary/aromatic N) is 1. The third-order valence-corrected chi connectivity index (χ3v) is 5.08. The molecule has 2 N–H and O–H groups in total. The molecule has 1 aliphatic heterocycles. The summed E-state index contributed by atoms with van der Waals surface area (Å²) in [5.74, 6) is 0.166. The van der Waals surface area contributed by atoms with Gasteiger partial charge in [0.25, 0.3) is 0 Å². The first-order chi connectivity index (χ1) is 10.6. The lowest BCUT2D eigenvalue weighted by molar-refractivity contribution is -0.118. The Hall–Kier alpha value is -1.94. The number of amides is 1. The Morgan fingerprint density at radius 2 is 1.91 bits per heavy atom. The number of hydrogen-bond acceptors (Lipinski definition) is 3. The van der Waals surface area contributed by atoms with Crippen molar-refractivity contribution >= 4 is 29.0 Å². The van der Waals surface area contributed by atoms with Crippen LogP contribution in [0.1, 0.15) is 19.4 Å². The van der Waals surface area contributed by atoms with Crippen LogP contribution in [0, 0.1) is 0 Å². The van der Waals surface area contributed by atoms with Crippen LogP contribution in [0.25, 0.3) is 0 Å². The molecule has 0 spiro atoms. The third kappa shape index (κ3) is 2.83. The fourth-order valence-electron chi connectivity index (χ4n) is 2.90. The van der Waals surface area contributed by atoms with Crippen molar-refractivity contribution in [3.63, 3.8) is 0 Å². The largest absolute Gasteiger partial charge is 0.399 e. The number of fused-ring (bicyclic) bond motifs is 1. The molecule has 0 aliphatic carbocycles. The van der Waals surface area contributed by atoms with E-state index in [0.717, 1.165) is 22.7 Å². The van der Waals surface area contributed by atoms with Crippen molar-refractivity contribution in [3.05, 3.63) is 54.1 Å². The normalized spacial score (nSPS) is 18.1. The molecule has 1 heterocycles. The lowest BCUT2D eigenvalue weighted by Gasteiger charge is -2.25. The van der Waals surface area contributed by atoms with Crippen molar-refractivity contribution in [3.8, 4) is 0 Å². The fourth-order valence-corrected chi connectivity index (χ4v) is 3.81. The summed E-state index contributed by atoms with van der Waals surface area (Å²) in [7, 11) is 0. The van der Waals surface area contributed by atoms with Gasteiger partial charge in [0, 0.05) is 22.3 Å². The van der Waals surface area contributed by atoms with Gasteiger partial charge in [-0.1, -0.05) is 18.2 Å². The molecule has 114 valence electrons. The van der Waals surface area contributed by atoms with Crippen molar-refractivity contribution in [2.24, 2.45) is 0 Å². The highest BCUT2D eigenvalue weighted by atomic mass is 32.2. The fraction of sp³-hybridized carbons (Fsp3) is 0.278. The van der Waals surface area contributed by atoms with Crippen LogP contribution < -0.4 is 10.6 Å². The maximum absolute atomic E-state index is 12.9. The van der Waals surface area contributed by atoms with E-state index in [2.05, 4.69) is 13.0 Å². The van der Waals surface area contributed by atoms with Crippen LogP contribution in [-0.4, -0.2) is 17.2 Å². The van der Waals surface area contributed by atoms with Crippen LogP contribution in [-0.2, 0) is 11.2 Å². The first kappa shape index (κ1) is 15.0. The van der Waals surface area contributed by atoms with E-state index in [4.69, 9.17) is 5.73 Å². The Morgan fingerprint density at radius 3 is 2.64 bits per heavy atom. The predicted molar refractivity (Wildman–Crippen MR) is 93.3 cm³/mol. The average Bonchev–Trinajstić information content (AvgIpc) is 2.84. The number of benzene rings is 2. The first-order valence-electron chi connectivity index (χ1n) is 7.49. The van der Waals surface area contributed by atoms with E-state index < -0.39 is 0 Å². The van der Waals surface area contributed by atoms with Crippen LogP contribution >= 0.6 is 11.8 Å². The van der Waals surface area contributed by atoms with E-state index >= 15 is 0 Å². The molecule has 0 aromatic heterocycles. The molecular formula is C18H20N2OS. The molecule has 0 unspecified atom stereocenters. The molecule has 1 aliphatic rings. The van der Waals surface area contributed by atoms with E-state index in [9.17, 15) is 4.79 Å². The molecule has 0 bridgehead atoms. The summed E-state index contributed by atoms with van der Waals surface area (Å²) in [5, 5.41) is -0.128. The van der Waals surface area contributed by atoms with Crippen LogP contribution in [0.4, 0.5) is 11.4 Å². The standard InChI is InChI=1S/C18H20N2OS/c1-12-11-14-5-3-4-6-17(14)20(12)18(21)13(2)22-16-9-7-15(19)8-10-16/h3-10,12-13H,11,19H2,1-2H3/t12-,13+/m1/s1. The average molecular weight is 312 g/mol. The van der Waals surface area contributed by atoms with Crippen LogP contribution in [0.15, 0.2) is 53.4 Å². The van der Waals surface area contributed by atoms with E-state index in [1.807, 2.05) is 54.3 Å². The van der Waals surface area contributed by atoms with Crippen LogP contribution in [0.3, 0.4) is 0 Å². The van der Waals surface area contributed by atoms with E-state index in [1.54, 1.807) is 11.8 Å². The van der Waals surface area contributed by atoms with Crippen molar-refractivity contribution < 1.29 is 4.79 Å². The van der Waals surface area contributed by atoms with Gasteiger partial charge >= 0.3 is 0 Å². The summed E-state index contributed by atoms with van der Waals surface area (Å²) in [4.78, 5) is 15.9. The van der Waals surface area contributed by atoms with Gasteiger partial charge < -0.3 is 10.6 Å². The molecule has 2 atom stereocenters. The summed E-state index contributed by atoms with van der Waals surface area (Å²) in [6.07, 6.45) is 0.932. The van der Waals surface area contributed by atoms with Gasteiger partial charge in [-0.05, 0) is 56.2 Å². The van der Waals surface area contributed by atoms with Crippen molar-refractivity contribution in [1.29, 1.82) is 0 Å². The number of para-hydroxylation sites is 1. The summed E-state index contributed by atoms with van der Waals surface area (Å²) in [5.41, 5.74) is 8.76. The molecule has 3 nitrogen and oxygen atoms in total. The zero-order valence-electron chi connectivity index (χ0n) is 12.8. The molecule has 22 heavy (non-hydrogen) atoms. The Kier molecular flexibility index (Phi) is 4.12. The highest BCUT2D eigenvalue weighted by Crippen LogP contribution is 2.34. The minimum Gasteiger partial charge on any atom is -0.399 e. The second-order valence-electron chi connectivity index (χ2n) is 5.72. The highest BCUT2D eigenvalue weighted by Gasteiger charge is 2.33. The van der Waals surface area contributed by atoms with E-state index in [0.29, 0.717) is 0 Å². The molecule has 2 aromatic rings. The summed E-state index contributed by atoms with van der Waals surface area (Å²) < 4.78 is 0. The lowest BCUT2D eigenvalue weighted by Crippen LogP contribution is -2.40. The first-order valence-corrected chi connectivity index (χ1v) is 8.37. The van der Waals surface area contributed by atoms with E-state index in [1.165, 1.54) is 5.56 Å². The number of nitrogens with two attached hydrogens (primary N) is 1. The molecule has 2 aromatic carbocycles. The smallest absolute Gasteiger partial charge is 0.240 e. The van der Waals surface area contributed by atoms with Gasteiger partial charge in [0.1, 0.15) is 0 Å². The minimum atomic E-state index is -0.128. The molecule has 0 saturated carbocycles. The third-order valence-electron chi connectivity index (χ3n) is 3.99. The molecule has 0 fully saturated rings. The van der Waals surface area contributed by atoms with Gasteiger partial charge in [0.15, 0.2) is 0 Å². The number of anilines is 2. The molecule has 1 amide bonds. The zero-order chi connectivity index (χ0) is 15.7. The summed E-state index contributed by atoms with van der Waals surface area (Å²) in [6.45, 7) is 4.08. The van der Waals surface area contributed by atoms with Gasteiger partial charge in [-0.15, -0.1) is 11.8 Å². The second kappa shape index (κ2) is 6.05. The van der Waals surface area contributed by atoms with Gasteiger partial charge in [-0.2, -0.15) is 0 Å². The van der Waals surface area contributed by atoms with Crippen LogP contribution in [0.5, 0.6) is 0 Å². The molecule has 0 saturated heterocycles. The molecule has 3 rings (SSSR count). The van der Waals surface area contributed by atoms with Crippen molar-refractivity contribution in [1.82, 2.24) is 0 Å². The van der Waals surface area contributed by atoms with E-state index in [-0.39, 0.29) is 17.2 Å². The minimum absolute atomic E-state index is 0.128. The SMILES string of the molecule is C[C@H](Sc1ccc(N)cc1)C(=O)N1c2ccccc2C[C@H]1C. The quantitative estimate of drug-likeness (QED) is 0.694. The second-order valence-corrected chi connectivity index (χ2v) is 7.13. The Balaban J connectivity index is 1.77. The van der Waals surface area contributed by atoms with Gasteiger partial charge in [-0.3, -0.25) is 4.79 Å². The summed E-state index contributed by atoms with van der Waals surface area (Å²) >= 11 is 1.58. The molecule has 0 radical (unpaired) electrons. The number of rotatable bonds is 3. The zero-order valence-corrected chi connectivity index (χ0v) is 13.6. The summed E-state index contributed by atoms with van der Waals surface area (Å²) in [6, 6.07) is 16.1. The topological polar surface area (TPSA) is 46.3 Å². The Bertz CT molecular complexity index is 684. The Labute approximate surface area is 135 Å².